The largest absolute Gasteiger partial charge is 0.376 e. The van der Waals surface area contributed by atoms with Crippen LogP contribution in [0.1, 0.15) is 18.4 Å². The highest BCUT2D eigenvalue weighted by Gasteiger charge is 2.18. The predicted octanol–water partition coefficient (Wildman–Crippen LogP) is 1.09. The van der Waals surface area contributed by atoms with Crippen molar-refractivity contribution in [1.29, 1.82) is 0 Å². The van der Waals surface area contributed by atoms with Gasteiger partial charge in [0.25, 0.3) is 0 Å². The van der Waals surface area contributed by atoms with Gasteiger partial charge in [-0.1, -0.05) is 23.7 Å². The van der Waals surface area contributed by atoms with E-state index in [0.717, 1.165) is 18.4 Å². The second-order valence-electron chi connectivity index (χ2n) is 4.60. The van der Waals surface area contributed by atoms with Crippen LogP contribution in [0.25, 0.3) is 0 Å². The number of carbonyl (C=O) groups excluding carboxylic acids is 2. The van der Waals surface area contributed by atoms with E-state index in [1.807, 2.05) is 0 Å². The van der Waals surface area contributed by atoms with Crippen LogP contribution in [0.5, 0.6) is 0 Å². The number of amides is 2. The van der Waals surface area contributed by atoms with Crippen LogP contribution in [0.4, 0.5) is 0 Å². The predicted molar refractivity (Wildman–Crippen MR) is 79.2 cm³/mol. The van der Waals surface area contributed by atoms with E-state index in [9.17, 15) is 9.59 Å². The molecule has 0 saturated carbocycles. The average Bonchev–Trinajstić information content (AvgIpc) is 3.00. The molecule has 112 valence electrons. The van der Waals surface area contributed by atoms with Crippen LogP contribution >= 0.6 is 11.6 Å². The van der Waals surface area contributed by atoms with Crippen molar-refractivity contribution in [2.24, 2.45) is 5.10 Å². The molecule has 1 heterocycles. The van der Waals surface area contributed by atoms with E-state index in [4.69, 9.17) is 16.3 Å². The number of rotatable bonds is 4. The lowest BCUT2D eigenvalue weighted by molar-refractivity contribution is -0.139. The maximum absolute atomic E-state index is 11.5. The summed E-state index contributed by atoms with van der Waals surface area (Å²) in [5.41, 5.74) is 2.93. The molecule has 0 spiro atoms. The molecule has 1 aromatic carbocycles. The second-order valence-corrected chi connectivity index (χ2v) is 5.03. The summed E-state index contributed by atoms with van der Waals surface area (Å²) in [5, 5.41) is 6.84. The normalized spacial score (nSPS) is 17.9. The molecule has 1 fully saturated rings. The van der Waals surface area contributed by atoms with Crippen LogP contribution in [0.3, 0.4) is 0 Å². The molecule has 0 radical (unpaired) electrons. The quantitative estimate of drug-likeness (QED) is 0.496. The molecule has 7 heteroatoms. The summed E-state index contributed by atoms with van der Waals surface area (Å²) in [5.74, 6) is -1.53. The Morgan fingerprint density at radius 1 is 1.33 bits per heavy atom. The first kappa shape index (κ1) is 15.5. The van der Waals surface area contributed by atoms with Gasteiger partial charge in [0, 0.05) is 18.2 Å². The van der Waals surface area contributed by atoms with E-state index in [0.29, 0.717) is 18.2 Å². The number of hydrazone groups is 1. The summed E-state index contributed by atoms with van der Waals surface area (Å²) >= 11 is 5.75. The Balaban J connectivity index is 1.72. The Morgan fingerprint density at radius 3 is 2.76 bits per heavy atom. The molecular weight excluding hydrogens is 294 g/mol. The lowest BCUT2D eigenvalue weighted by Gasteiger charge is -2.09. The van der Waals surface area contributed by atoms with Gasteiger partial charge in [-0.05, 0) is 30.5 Å². The fraction of sp³-hybridized carbons (Fsp3) is 0.357. The molecule has 2 N–H and O–H groups in total. The molecule has 0 bridgehead atoms. The SMILES string of the molecule is O=C(NC[C@@H]1CCCO1)C(=O)N/N=C\c1ccc(Cl)cc1. The van der Waals surface area contributed by atoms with Crippen molar-refractivity contribution in [2.75, 3.05) is 13.2 Å². The zero-order valence-electron chi connectivity index (χ0n) is 11.3. The van der Waals surface area contributed by atoms with Crippen molar-refractivity contribution in [2.45, 2.75) is 18.9 Å². The van der Waals surface area contributed by atoms with Crippen molar-refractivity contribution in [3.05, 3.63) is 34.9 Å². The van der Waals surface area contributed by atoms with Crippen LogP contribution in [-0.2, 0) is 14.3 Å². The molecule has 2 rings (SSSR count). The van der Waals surface area contributed by atoms with Crippen LogP contribution in [0.2, 0.25) is 5.02 Å². The molecule has 0 aliphatic carbocycles. The van der Waals surface area contributed by atoms with Gasteiger partial charge < -0.3 is 10.1 Å². The number of halogens is 1. The van der Waals surface area contributed by atoms with E-state index in [2.05, 4.69) is 15.8 Å². The first-order valence-electron chi connectivity index (χ1n) is 6.63. The van der Waals surface area contributed by atoms with E-state index < -0.39 is 11.8 Å². The minimum atomic E-state index is -0.807. The van der Waals surface area contributed by atoms with Crippen molar-refractivity contribution < 1.29 is 14.3 Å². The molecule has 1 atom stereocenters. The number of carbonyl (C=O) groups is 2. The van der Waals surface area contributed by atoms with Crippen molar-refractivity contribution in [3.8, 4) is 0 Å². The van der Waals surface area contributed by atoms with Crippen LogP contribution in [-0.4, -0.2) is 37.3 Å². The van der Waals surface area contributed by atoms with Crippen molar-refractivity contribution in [1.82, 2.24) is 10.7 Å². The van der Waals surface area contributed by atoms with Crippen LogP contribution in [0.15, 0.2) is 29.4 Å². The maximum Gasteiger partial charge on any atom is 0.329 e. The number of ether oxygens (including phenoxy) is 1. The summed E-state index contributed by atoms with van der Waals surface area (Å²) < 4.78 is 5.34. The van der Waals surface area contributed by atoms with E-state index in [1.165, 1.54) is 6.21 Å². The number of hydrogen-bond donors (Lipinski definition) is 2. The second kappa shape index (κ2) is 7.75. The standard InChI is InChI=1S/C14H16ClN3O3/c15-11-5-3-10(4-6-11)8-17-18-14(20)13(19)16-9-12-2-1-7-21-12/h3-6,8,12H,1-2,7,9H2,(H,16,19)(H,18,20)/b17-8-/t12-/m0/s1. The zero-order chi connectivity index (χ0) is 15.1. The van der Waals surface area contributed by atoms with E-state index >= 15 is 0 Å². The summed E-state index contributed by atoms with van der Waals surface area (Å²) in [6, 6.07) is 6.91. The number of hydrogen-bond acceptors (Lipinski definition) is 4. The van der Waals surface area contributed by atoms with Gasteiger partial charge in [0.15, 0.2) is 0 Å². The molecule has 1 aliphatic heterocycles. The first-order valence-corrected chi connectivity index (χ1v) is 7.01. The monoisotopic (exact) mass is 309 g/mol. The third-order valence-corrected chi connectivity index (χ3v) is 3.22. The van der Waals surface area contributed by atoms with E-state index in [1.54, 1.807) is 24.3 Å². The van der Waals surface area contributed by atoms with Gasteiger partial charge in [0.05, 0.1) is 12.3 Å². The van der Waals surface area contributed by atoms with Gasteiger partial charge in [-0.15, -0.1) is 0 Å². The first-order chi connectivity index (χ1) is 10.1. The molecular formula is C14H16ClN3O3. The van der Waals surface area contributed by atoms with Gasteiger partial charge in [-0.25, -0.2) is 5.43 Å². The van der Waals surface area contributed by atoms with Crippen LogP contribution in [0, 0.1) is 0 Å². The highest BCUT2D eigenvalue weighted by molar-refractivity contribution is 6.35. The van der Waals surface area contributed by atoms with Gasteiger partial charge >= 0.3 is 11.8 Å². The molecule has 0 aromatic heterocycles. The summed E-state index contributed by atoms with van der Waals surface area (Å²) in [6.45, 7) is 1.05. The summed E-state index contributed by atoms with van der Waals surface area (Å²) in [4.78, 5) is 23.0. The summed E-state index contributed by atoms with van der Waals surface area (Å²) in [7, 11) is 0. The smallest absolute Gasteiger partial charge is 0.329 e. The van der Waals surface area contributed by atoms with Crippen LogP contribution < -0.4 is 10.7 Å². The van der Waals surface area contributed by atoms with Crippen molar-refractivity contribution >= 4 is 29.6 Å². The third-order valence-electron chi connectivity index (χ3n) is 2.97. The average molecular weight is 310 g/mol. The molecule has 1 saturated heterocycles. The Morgan fingerprint density at radius 2 is 2.10 bits per heavy atom. The fourth-order valence-corrected chi connectivity index (χ4v) is 1.98. The fourth-order valence-electron chi connectivity index (χ4n) is 1.86. The minimum absolute atomic E-state index is 0.000631. The molecule has 2 amide bonds. The Labute approximate surface area is 127 Å². The number of nitrogens with zero attached hydrogens (tertiary/aromatic N) is 1. The maximum atomic E-state index is 11.5. The zero-order valence-corrected chi connectivity index (χ0v) is 12.1. The molecule has 1 aromatic rings. The lowest BCUT2D eigenvalue weighted by Crippen LogP contribution is -2.41. The van der Waals surface area contributed by atoms with Gasteiger partial charge in [-0.2, -0.15) is 5.10 Å². The Kier molecular flexibility index (Phi) is 5.71. The summed E-state index contributed by atoms with van der Waals surface area (Å²) in [6.07, 6.45) is 3.32. The topological polar surface area (TPSA) is 79.8 Å². The highest BCUT2D eigenvalue weighted by Crippen LogP contribution is 2.10. The molecule has 0 unspecified atom stereocenters. The van der Waals surface area contributed by atoms with Gasteiger partial charge in [0.1, 0.15) is 0 Å². The third kappa shape index (κ3) is 5.17. The van der Waals surface area contributed by atoms with E-state index in [-0.39, 0.29) is 6.10 Å². The minimum Gasteiger partial charge on any atom is -0.376 e. The molecule has 1 aliphatic rings. The molecule has 6 nitrogen and oxygen atoms in total. The molecule has 21 heavy (non-hydrogen) atoms. The number of benzene rings is 1. The number of nitrogens with one attached hydrogen (secondary N) is 2. The van der Waals surface area contributed by atoms with Crippen molar-refractivity contribution in [3.63, 3.8) is 0 Å². The highest BCUT2D eigenvalue weighted by atomic mass is 35.5. The van der Waals surface area contributed by atoms with Gasteiger partial charge in [-0.3, -0.25) is 9.59 Å². The Hall–Kier alpha value is -1.92. The Bertz CT molecular complexity index is 525. The lowest BCUT2D eigenvalue weighted by atomic mass is 10.2. The van der Waals surface area contributed by atoms with Gasteiger partial charge in [0.2, 0.25) is 0 Å².